The molecule has 0 unspecified atom stereocenters. The minimum absolute atomic E-state index is 0.00805. The van der Waals surface area contributed by atoms with Gasteiger partial charge in [0.25, 0.3) is 5.91 Å². The molecule has 36 heavy (non-hydrogen) atoms. The summed E-state index contributed by atoms with van der Waals surface area (Å²) >= 11 is 0. The van der Waals surface area contributed by atoms with E-state index >= 15 is 0 Å². The number of phenols is 2. The molecule has 0 bridgehead atoms. The largest absolute Gasteiger partial charge is 0.507 e. The third-order valence-electron chi connectivity index (χ3n) is 5.20. The van der Waals surface area contributed by atoms with E-state index in [1.54, 1.807) is 36.4 Å². The monoisotopic (exact) mass is 486 g/mol. The number of nitrogens with one attached hydrogen (secondary N) is 1. The first kappa shape index (κ1) is 24.1. The number of aromatic nitrogens is 1. The summed E-state index contributed by atoms with van der Waals surface area (Å²) in [4.78, 5) is 23.7. The van der Waals surface area contributed by atoms with Gasteiger partial charge in [0.1, 0.15) is 29.4 Å². The summed E-state index contributed by atoms with van der Waals surface area (Å²) < 4.78 is 10.8. The molecule has 0 aliphatic heterocycles. The van der Waals surface area contributed by atoms with Crippen LogP contribution >= 0.6 is 0 Å². The van der Waals surface area contributed by atoms with Crippen molar-refractivity contribution in [3.05, 3.63) is 101 Å². The van der Waals surface area contributed by atoms with Crippen molar-refractivity contribution >= 4 is 18.0 Å². The second-order valence-electron chi connectivity index (χ2n) is 7.69. The lowest BCUT2D eigenvalue weighted by molar-refractivity contribution is 0.0685. The van der Waals surface area contributed by atoms with Crippen molar-refractivity contribution in [3.63, 3.8) is 0 Å². The zero-order valence-corrected chi connectivity index (χ0v) is 18.9. The van der Waals surface area contributed by atoms with Gasteiger partial charge in [-0.3, -0.25) is 4.79 Å². The second-order valence-corrected chi connectivity index (χ2v) is 7.69. The predicted octanol–water partition coefficient (Wildman–Crippen LogP) is 4.47. The number of hydrogen-bond donors (Lipinski definition) is 4. The number of benzene rings is 3. The van der Waals surface area contributed by atoms with Crippen molar-refractivity contribution in [2.45, 2.75) is 6.54 Å². The molecule has 0 atom stereocenters. The summed E-state index contributed by atoms with van der Waals surface area (Å²) in [7, 11) is 0. The summed E-state index contributed by atoms with van der Waals surface area (Å²) in [5, 5.41) is 35.7. The second kappa shape index (κ2) is 10.9. The predicted molar refractivity (Wildman–Crippen MR) is 131 cm³/mol. The van der Waals surface area contributed by atoms with E-state index in [1.165, 1.54) is 18.2 Å². The first-order chi connectivity index (χ1) is 17.4. The Kier molecular flexibility index (Phi) is 7.30. The maximum atomic E-state index is 12.7. The lowest BCUT2D eigenvalue weighted by Gasteiger charge is -2.12. The Morgan fingerprint density at radius 3 is 2.53 bits per heavy atom. The van der Waals surface area contributed by atoms with Gasteiger partial charge in [-0.25, -0.2) is 4.79 Å². The van der Waals surface area contributed by atoms with Crippen molar-refractivity contribution in [1.82, 2.24) is 10.5 Å². The molecule has 0 fully saturated rings. The number of carboxylic acid groups (broad SMARTS) is 1. The molecular formula is C27H22N2O7. The highest BCUT2D eigenvalue weighted by molar-refractivity contribution is 5.99. The Bertz CT molecular complexity index is 1410. The quantitative estimate of drug-likeness (QED) is 0.271. The standard InChI is InChI=1S/C27H22N2O7/c30-21-12-11-19(24-15-20(27(33)34)29-36-24)14-18(21)8-5-13-35-23-10-4-9-22(31)25(23)26(32)28-16-17-6-2-1-3-7-17/h1-12,14-15,30-31H,13,16H2,(H,28,32)(H,33,34)/b8-5+. The summed E-state index contributed by atoms with van der Waals surface area (Å²) in [5.74, 6) is -1.46. The fourth-order valence-electron chi connectivity index (χ4n) is 3.40. The third-order valence-corrected chi connectivity index (χ3v) is 5.20. The number of hydrogen-bond acceptors (Lipinski definition) is 7. The van der Waals surface area contributed by atoms with E-state index in [0.29, 0.717) is 17.7 Å². The van der Waals surface area contributed by atoms with Gasteiger partial charge in [-0.05, 0) is 42.0 Å². The molecule has 182 valence electrons. The van der Waals surface area contributed by atoms with E-state index in [4.69, 9.17) is 14.4 Å². The van der Waals surface area contributed by atoms with Gasteiger partial charge in [-0.2, -0.15) is 0 Å². The van der Waals surface area contributed by atoms with Crippen LogP contribution in [0.15, 0.2) is 83.4 Å². The van der Waals surface area contributed by atoms with Gasteiger partial charge in [0.2, 0.25) is 0 Å². The molecule has 1 amide bonds. The molecule has 3 aromatic carbocycles. The molecule has 0 radical (unpaired) electrons. The molecule has 4 N–H and O–H groups in total. The Hall–Kier alpha value is -5.05. The molecule has 4 aromatic rings. The van der Waals surface area contributed by atoms with Gasteiger partial charge < -0.3 is 29.9 Å². The number of carbonyl (C=O) groups is 2. The fourth-order valence-corrected chi connectivity index (χ4v) is 3.40. The molecule has 1 aromatic heterocycles. The van der Waals surface area contributed by atoms with Crippen molar-refractivity contribution in [1.29, 1.82) is 0 Å². The maximum absolute atomic E-state index is 12.7. The Morgan fingerprint density at radius 1 is 0.972 bits per heavy atom. The van der Waals surface area contributed by atoms with E-state index in [-0.39, 0.29) is 40.9 Å². The van der Waals surface area contributed by atoms with Crippen LogP contribution in [0.25, 0.3) is 17.4 Å². The van der Waals surface area contributed by atoms with Crippen LogP contribution in [0, 0.1) is 0 Å². The number of phenolic OH excluding ortho intramolecular Hbond substituents is 2. The number of aromatic hydroxyl groups is 2. The third kappa shape index (κ3) is 5.71. The molecule has 0 aliphatic carbocycles. The minimum Gasteiger partial charge on any atom is -0.507 e. The highest BCUT2D eigenvalue weighted by atomic mass is 16.5. The van der Waals surface area contributed by atoms with E-state index in [2.05, 4.69) is 10.5 Å². The van der Waals surface area contributed by atoms with Crippen LogP contribution in [0.1, 0.15) is 32.0 Å². The van der Waals surface area contributed by atoms with Crippen molar-refractivity contribution in [2.24, 2.45) is 0 Å². The fraction of sp³-hybridized carbons (Fsp3) is 0.0741. The average Bonchev–Trinajstić information content (AvgIpc) is 3.38. The van der Waals surface area contributed by atoms with Crippen LogP contribution in [0.5, 0.6) is 17.2 Å². The summed E-state index contributed by atoms with van der Waals surface area (Å²) in [6, 6.07) is 19.8. The van der Waals surface area contributed by atoms with Gasteiger partial charge in [0, 0.05) is 23.7 Å². The Labute approximate surface area is 205 Å². The van der Waals surface area contributed by atoms with Crippen LogP contribution in [0.2, 0.25) is 0 Å². The van der Waals surface area contributed by atoms with Gasteiger partial charge in [0.15, 0.2) is 11.5 Å². The number of aromatic carboxylic acids is 1. The lowest BCUT2D eigenvalue weighted by atomic mass is 10.1. The molecule has 0 spiro atoms. The number of amides is 1. The minimum atomic E-state index is -1.21. The SMILES string of the molecule is O=C(O)c1cc(-c2ccc(O)c(/C=C/COc3cccc(O)c3C(=O)NCc3ccccc3)c2)on1. The molecule has 0 saturated carbocycles. The molecular weight excluding hydrogens is 464 g/mol. The number of ether oxygens (including phenoxy) is 1. The topological polar surface area (TPSA) is 142 Å². The van der Waals surface area contributed by atoms with Crippen LogP contribution in [0.3, 0.4) is 0 Å². The first-order valence-corrected chi connectivity index (χ1v) is 10.9. The molecule has 1 heterocycles. The Balaban J connectivity index is 1.43. The molecule has 0 aliphatic rings. The van der Waals surface area contributed by atoms with E-state index in [1.807, 2.05) is 30.3 Å². The van der Waals surface area contributed by atoms with E-state index in [9.17, 15) is 19.8 Å². The number of nitrogens with zero attached hydrogens (tertiary/aromatic N) is 1. The van der Waals surface area contributed by atoms with Gasteiger partial charge in [-0.15, -0.1) is 0 Å². The zero-order valence-electron chi connectivity index (χ0n) is 18.9. The molecule has 9 heteroatoms. The summed E-state index contributed by atoms with van der Waals surface area (Å²) in [5.41, 5.74) is 1.67. The van der Waals surface area contributed by atoms with Crippen LogP contribution in [0.4, 0.5) is 0 Å². The normalized spacial score (nSPS) is 10.9. The van der Waals surface area contributed by atoms with Crippen LogP contribution in [-0.2, 0) is 6.54 Å². The summed E-state index contributed by atoms with van der Waals surface area (Å²) in [6.07, 6.45) is 3.23. The average molecular weight is 486 g/mol. The Morgan fingerprint density at radius 2 is 1.78 bits per heavy atom. The highest BCUT2D eigenvalue weighted by Crippen LogP contribution is 2.29. The van der Waals surface area contributed by atoms with Crippen molar-refractivity contribution in [3.8, 4) is 28.6 Å². The number of carboxylic acids is 1. The van der Waals surface area contributed by atoms with Crippen molar-refractivity contribution in [2.75, 3.05) is 6.61 Å². The number of carbonyl (C=O) groups excluding carboxylic acids is 1. The van der Waals surface area contributed by atoms with Crippen LogP contribution < -0.4 is 10.1 Å². The van der Waals surface area contributed by atoms with E-state index < -0.39 is 11.9 Å². The van der Waals surface area contributed by atoms with Crippen molar-refractivity contribution < 1.29 is 34.2 Å². The molecule has 4 rings (SSSR count). The van der Waals surface area contributed by atoms with Gasteiger partial charge in [-0.1, -0.05) is 47.6 Å². The van der Waals surface area contributed by atoms with Crippen LogP contribution in [-0.4, -0.2) is 39.0 Å². The van der Waals surface area contributed by atoms with E-state index in [0.717, 1.165) is 5.56 Å². The smallest absolute Gasteiger partial charge is 0.358 e. The van der Waals surface area contributed by atoms with Gasteiger partial charge in [0.05, 0.1) is 0 Å². The number of rotatable bonds is 9. The lowest BCUT2D eigenvalue weighted by Crippen LogP contribution is -2.23. The zero-order chi connectivity index (χ0) is 25.5. The highest BCUT2D eigenvalue weighted by Gasteiger charge is 2.17. The maximum Gasteiger partial charge on any atom is 0.358 e. The first-order valence-electron chi connectivity index (χ1n) is 10.9. The molecule has 9 nitrogen and oxygen atoms in total. The van der Waals surface area contributed by atoms with Gasteiger partial charge >= 0.3 is 5.97 Å². The summed E-state index contributed by atoms with van der Waals surface area (Å²) in [6.45, 7) is 0.333. The molecule has 0 saturated heterocycles.